The molecule has 0 aromatic heterocycles. The molecule has 0 amide bonds. The van der Waals surface area contributed by atoms with Gasteiger partial charge in [-0.3, -0.25) is 0 Å². The molecule has 0 saturated carbocycles. The molecule has 0 aromatic rings. The van der Waals surface area contributed by atoms with Crippen molar-refractivity contribution >= 4 is 0 Å². The van der Waals surface area contributed by atoms with Gasteiger partial charge >= 0.3 is 0 Å². The summed E-state index contributed by atoms with van der Waals surface area (Å²) >= 11 is 0. The topological polar surface area (TPSA) is 26.7 Å². The van der Waals surface area contributed by atoms with E-state index in [1.807, 2.05) is 0 Å². The third-order valence-corrected chi connectivity index (χ3v) is 1.34. The maximum atomic E-state index is 7.00. The second kappa shape index (κ2) is 5.11. The predicted molar refractivity (Wildman–Crippen MR) is 42.3 cm³/mol. The number of hydrogen-bond donors (Lipinski definition) is 1. The van der Waals surface area contributed by atoms with Gasteiger partial charge in [0, 0.05) is 33.1 Å². The van der Waals surface area contributed by atoms with Crippen LogP contribution < -0.4 is 0 Å². The second-order valence-electron chi connectivity index (χ2n) is 2.10. The van der Waals surface area contributed by atoms with E-state index in [1.54, 1.807) is 0 Å². The molecule has 0 fully saturated rings. The molecule has 3 nitrogen and oxygen atoms in total. The lowest BCUT2D eigenvalue weighted by atomic mass is 10.6. The molecule has 60 valence electrons. The smallest absolute Gasteiger partial charge is 0.0890 e. The monoisotopic (exact) mass is 144 g/mol. The summed E-state index contributed by atoms with van der Waals surface area (Å²) in [6.45, 7) is 4.32. The maximum absolute atomic E-state index is 7.00. The van der Waals surface area contributed by atoms with Crippen molar-refractivity contribution in [2.45, 2.75) is 6.92 Å². The SMILES string of the molecule is CCN1C=CN(C)C1.CO. The minimum Gasteiger partial charge on any atom is -0.400 e. The Hall–Kier alpha value is -0.700. The van der Waals surface area contributed by atoms with Crippen molar-refractivity contribution in [2.24, 2.45) is 0 Å². The highest BCUT2D eigenvalue weighted by Gasteiger charge is 2.03. The van der Waals surface area contributed by atoms with Crippen molar-refractivity contribution in [1.29, 1.82) is 0 Å². The van der Waals surface area contributed by atoms with Crippen molar-refractivity contribution in [3.8, 4) is 0 Å². The Bertz CT molecular complexity index is 104. The fraction of sp³-hybridized carbons (Fsp3) is 0.714. The van der Waals surface area contributed by atoms with E-state index in [4.69, 9.17) is 5.11 Å². The molecule has 3 heteroatoms. The van der Waals surface area contributed by atoms with Crippen LogP contribution in [0.3, 0.4) is 0 Å². The molecule has 1 rings (SSSR count). The van der Waals surface area contributed by atoms with E-state index in [9.17, 15) is 0 Å². The Labute approximate surface area is 62.6 Å². The number of hydrogen-bond acceptors (Lipinski definition) is 3. The molecular formula is C7H16N2O. The molecule has 0 aliphatic carbocycles. The predicted octanol–water partition coefficient (Wildman–Crippen LogP) is 0.291. The lowest BCUT2D eigenvalue weighted by Gasteiger charge is -2.14. The summed E-state index contributed by atoms with van der Waals surface area (Å²) < 4.78 is 0. The van der Waals surface area contributed by atoms with Crippen LogP contribution in [-0.2, 0) is 0 Å². The Balaban J connectivity index is 0.000000371. The number of rotatable bonds is 1. The Morgan fingerprint density at radius 1 is 1.40 bits per heavy atom. The second-order valence-corrected chi connectivity index (χ2v) is 2.10. The molecular weight excluding hydrogens is 128 g/mol. The molecule has 10 heavy (non-hydrogen) atoms. The maximum Gasteiger partial charge on any atom is 0.0890 e. The molecule has 1 heterocycles. The largest absolute Gasteiger partial charge is 0.400 e. The van der Waals surface area contributed by atoms with Crippen molar-refractivity contribution in [2.75, 3.05) is 27.4 Å². The van der Waals surface area contributed by atoms with Gasteiger partial charge < -0.3 is 14.9 Å². The van der Waals surface area contributed by atoms with Gasteiger partial charge in [-0.1, -0.05) is 0 Å². The summed E-state index contributed by atoms with van der Waals surface area (Å²) in [5, 5.41) is 7.00. The van der Waals surface area contributed by atoms with E-state index in [-0.39, 0.29) is 0 Å². The number of aliphatic hydroxyl groups excluding tert-OH is 1. The lowest BCUT2D eigenvalue weighted by Crippen LogP contribution is -2.21. The Kier molecular flexibility index (Phi) is 4.76. The minimum atomic E-state index is 1.00. The van der Waals surface area contributed by atoms with Crippen molar-refractivity contribution in [1.82, 2.24) is 9.80 Å². The van der Waals surface area contributed by atoms with Crippen LogP contribution in [0.15, 0.2) is 12.4 Å². The Morgan fingerprint density at radius 3 is 2.20 bits per heavy atom. The number of aliphatic hydroxyl groups is 1. The Morgan fingerprint density at radius 2 is 2.00 bits per heavy atom. The highest BCUT2D eigenvalue weighted by Crippen LogP contribution is 2.00. The van der Waals surface area contributed by atoms with Gasteiger partial charge in [0.2, 0.25) is 0 Å². The molecule has 0 saturated heterocycles. The summed E-state index contributed by atoms with van der Waals surface area (Å²) in [5.41, 5.74) is 0. The van der Waals surface area contributed by atoms with Gasteiger partial charge in [0.05, 0.1) is 6.67 Å². The molecule has 0 atom stereocenters. The van der Waals surface area contributed by atoms with Gasteiger partial charge in [0.1, 0.15) is 0 Å². The molecule has 0 aromatic carbocycles. The van der Waals surface area contributed by atoms with Crippen molar-refractivity contribution in [3.63, 3.8) is 0 Å². The zero-order chi connectivity index (χ0) is 7.98. The average molecular weight is 144 g/mol. The van der Waals surface area contributed by atoms with Gasteiger partial charge in [-0.2, -0.15) is 0 Å². The van der Waals surface area contributed by atoms with E-state index in [2.05, 4.69) is 36.2 Å². The fourth-order valence-electron chi connectivity index (χ4n) is 0.794. The summed E-state index contributed by atoms with van der Waals surface area (Å²) in [7, 11) is 3.08. The highest BCUT2D eigenvalue weighted by molar-refractivity contribution is 4.87. The van der Waals surface area contributed by atoms with E-state index in [1.165, 1.54) is 0 Å². The van der Waals surface area contributed by atoms with E-state index < -0.39 is 0 Å². The van der Waals surface area contributed by atoms with E-state index >= 15 is 0 Å². The summed E-state index contributed by atoms with van der Waals surface area (Å²) in [4.78, 5) is 4.41. The standard InChI is InChI=1S/C6H12N2.CH4O/c1-3-8-5-4-7(2)6-8;1-2/h4-5H,3,6H2,1-2H3;2H,1H3. The third kappa shape index (κ3) is 2.73. The van der Waals surface area contributed by atoms with Crippen molar-refractivity contribution < 1.29 is 5.11 Å². The van der Waals surface area contributed by atoms with Crippen LogP contribution in [0.4, 0.5) is 0 Å². The van der Waals surface area contributed by atoms with Gasteiger partial charge in [0.15, 0.2) is 0 Å². The van der Waals surface area contributed by atoms with Gasteiger partial charge in [0.25, 0.3) is 0 Å². The molecule has 0 unspecified atom stereocenters. The zero-order valence-corrected chi connectivity index (χ0v) is 6.91. The molecule has 1 N–H and O–H groups in total. The minimum absolute atomic E-state index is 1.00. The average Bonchev–Trinajstić information content (AvgIpc) is 2.40. The first-order valence-electron chi connectivity index (χ1n) is 3.40. The van der Waals surface area contributed by atoms with Crippen LogP contribution >= 0.6 is 0 Å². The first-order valence-corrected chi connectivity index (χ1v) is 3.40. The normalized spacial score (nSPS) is 15.2. The summed E-state index contributed by atoms with van der Waals surface area (Å²) in [5.74, 6) is 0. The highest BCUT2D eigenvalue weighted by atomic mass is 16.2. The molecule has 0 radical (unpaired) electrons. The molecule has 1 aliphatic heterocycles. The van der Waals surface area contributed by atoms with Crippen molar-refractivity contribution in [3.05, 3.63) is 12.4 Å². The van der Waals surface area contributed by atoms with Gasteiger partial charge in [-0.15, -0.1) is 0 Å². The van der Waals surface area contributed by atoms with Crippen LogP contribution in [-0.4, -0.2) is 42.3 Å². The molecule has 1 aliphatic rings. The zero-order valence-electron chi connectivity index (χ0n) is 6.91. The van der Waals surface area contributed by atoms with E-state index in [0.29, 0.717) is 0 Å². The lowest BCUT2D eigenvalue weighted by molar-refractivity contribution is 0.308. The van der Waals surface area contributed by atoms with Gasteiger partial charge in [-0.25, -0.2) is 0 Å². The first kappa shape index (κ1) is 9.30. The van der Waals surface area contributed by atoms with Crippen LogP contribution in [0.1, 0.15) is 6.92 Å². The van der Waals surface area contributed by atoms with E-state index in [0.717, 1.165) is 20.3 Å². The van der Waals surface area contributed by atoms with Crippen LogP contribution in [0.2, 0.25) is 0 Å². The third-order valence-electron chi connectivity index (χ3n) is 1.34. The van der Waals surface area contributed by atoms with Crippen LogP contribution in [0.25, 0.3) is 0 Å². The quantitative estimate of drug-likeness (QED) is 0.573. The van der Waals surface area contributed by atoms with Crippen LogP contribution in [0, 0.1) is 0 Å². The molecule has 0 bridgehead atoms. The summed E-state index contributed by atoms with van der Waals surface area (Å²) in [6.07, 6.45) is 4.20. The van der Waals surface area contributed by atoms with Crippen LogP contribution in [0.5, 0.6) is 0 Å². The van der Waals surface area contributed by atoms with Gasteiger partial charge in [-0.05, 0) is 6.92 Å². The first-order chi connectivity index (χ1) is 4.83. The number of nitrogens with zero attached hydrogens (tertiary/aromatic N) is 2. The summed E-state index contributed by atoms with van der Waals surface area (Å²) in [6, 6.07) is 0. The fourth-order valence-corrected chi connectivity index (χ4v) is 0.794. The molecule has 0 spiro atoms.